The van der Waals surface area contributed by atoms with Crippen molar-refractivity contribution in [2.45, 2.75) is 19.9 Å². The molecule has 0 bridgehead atoms. The van der Waals surface area contributed by atoms with Crippen molar-refractivity contribution in [2.75, 3.05) is 13.7 Å². The number of esters is 2. The first-order valence-electron chi connectivity index (χ1n) is 12.8. The van der Waals surface area contributed by atoms with Gasteiger partial charge in [-0.05, 0) is 71.0 Å². The topological polar surface area (TPSA) is 96.2 Å². The fourth-order valence-corrected chi connectivity index (χ4v) is 6.35. The third-order valence-electron chi connectivity index (χ3n) is 6.35. The summed E-state index contributed by atoms with van der Waals surface area (Å²) >= 11 is 3.19. The SMILES string of the molecule is CCOC(=O)C1=C(c2ccccc2)N=c2s/c(=C\c3cc(I)c(OC(C)=O)c(OC)c3)c(=O)n2[C@@H]1c1ccc(F)cc1. The van der Waals surface area contributed by atoms with E-state index in [2.05, 4.69) is 0 Å². The van der Waals surface area contributed by atoms with Crippen LogP contribution in [0, 0.1) is 9.39 Å². The van der Waals surface area contributed by atoms with Gasteiger partial charge in [-0.15, -0.1) is 0 Å². The van der Waals surface area contributed by atoms with Gasteiger partial charge in [0.1, 0.15) is 5.82 Å². The highest BCUT2D eigenvalue weighted by Crippen LogP contribution is 2.36. The maximum absolute atomic E-state index is 14.0. The highest BCUT2D eigenvalue weighted by molar-refractivity contribution is 14.1. The number of rotatable bonds is 7. The van der Waals surface area contributed by atoms with Crippen LogP contribution in [-0.2, 0) is 14.3 Å². The number of methoxy groups -OCH3 is 1. The van der Waals surface area contributed by atoms with Gasteiger partial charge in [-0.1, -0.05) is 53.8 Å². The van der Waals surface area contributed by atoms with Crippen LogP contribution in [-0.4, -0.2) is 30.2 Å². The lowest BCUT2D eigenvalue weighted by Crippen LogP contribution is -2.40. The Morgan fingerprint density at radius 2 is 1.83 bits per heavy atom. The number of carbonyl (C=O) groups is 2. The van der Waals surface area contributed by atoms with E-state index in [1.807, 2.05) is 52.9 Å². The second kappa shape index (κ2) is 12.4. The molecule has 0 saturated heterocycles. The van der Waals surface area contributed by atoms with Gasteiger partial charge in [0.2, 0.25) is 0 Å². The summed E-state index contributed by atoms with van der Waals surface area (Å²) in [6, 6.07) is 17.3. The summed E-state index contributed by atoms with van der Waals surface area (Å²) in [4.78, 5) is 44.2. The Balaban J connectivity index is 1.78. The van der Waals surface area contributed by atoms with E-state index in [4.69, 9.17) is 19.2 Å². The van der Waals surface area contributed by atoms with Gasteiger partial charge in [0.05, 0.1) is 39.1 Å². The summed E-state index contributed by atoms with van der Waals surface area (Å²) in [5.41, 5.74) is 1.99. The van der Waals surface area contributed by atoms with Crippen LogP contribution in [0.25, 0.3) is 11.8 Å². The van der Waals surface area contributed by atoms with Crippen LogP contribution in [0.3, 0.4) is 0 Å². The van der Waals surface area contributed by atoms with Crippen LogP contribution in [0.15, 0.2) is 82.1 Å². The van der Waals surface area contributed by atoms with Gasteiger partial charge >= 0.3 is 11.9 Å². The van der Waals surface area contributed by atoms with Crippen LogP contribution < -0.4 is 24.4 Å². The standard InChI is InChI=1S/C31H24FIN2O6S/c1-4-40-30(38)25-26(19-8-6-5-7-9-19)34-31-35(27(25)20-10-12-21(32)13-11-20)29(37)24(42-31)16-18-14-22(33)28(41-17(2)36)23(15-18)39-3/h5-16,27H,4H2,1-3H3/b24-16-/t27-/m1/s1. The molecule has 1 aliphatic heterocycles. The Labute approximate surface area is 257 Å². The molecule has 0 amide bonds. The zero-order valence-corrected chi connectivity index (χ0v) is 25.7. The minimum absolute atomic E-state index is 0.120. The maximum Gasteiger partial charge on any atom is 0.338 e. The summed E-state index contributed by atoms with van der Waals surface area (Å²) in [5.74, 6) is -0.941. The van der Waals surface area contributed by atoms with Crippen molar-refractivity contribution < 1.29 is 28.2 Å². The summed E-state index contributed by atoms with van der Waals surface area (Å²) in [6.45, 7) is 3.12. The van der Waals surface area contributed by atoms with E-state index in [1.165, 1.54) is 30.7 Å². The Bertz CT molecular complexity index is 1900. The summed E-state index contributed by atoms with van der Waals surface area (Å²) < 4.78 is 32.5. The van der Waals surface area contributed by atoms with Crippen LogP contribution >= 0.6 is 33.9 Å². The fourth-order valence-electron chi connectivity index (χ4n) is 4.62. The van der Waals surface area contributed by atoms with Crippen LogP contribution in [0.5, 0.6) is 11.5 Å². The van der Waals surface area contributed by atoms with E-state index in [9.17, 15) is 18.8 Å². The first-order chi connectivity index (χ1) is 20.2. The van der Waals surface area contributed by atoms with Crippen molar-refractivity contribution in [1.29, 1.82) is 0 Å². The average molecular weight is 699 g/mol. The minimum Gasteiger partial charge on any atom is -0.493 e. The van der Waals surface area contributed by atoms with Crippen molar-refractivity contribution in [2.24, 2.45) is 4.99 Å². The predicted octanol–water partition coefficient (Wildman–Crippen LogP) is 4.61. The van der Waals surface area contributed by atoms with Crippen molar-refractivity contribution >= 4 is 57.6 Å². The molecule has 0 spiro atoms. The number of halogens is 2. The Morgan fingerprint density at radius 1 is 1.12 bits per heavy atom. The number of fused-ring (bicyclic) bond motifs is 1. The molecule has 1 aliphatic rings. The zero-order valence-electron chi connectivity index (χ0n) is 22.7. The molecule has 42 heavy (non-hydrogen) atoms. The predicted molar refractivity (Wildman–Crippen MR) is 164 cm³/mol. The van der Waals surface area contributed by atoms with E-state index in [-0.39, 0.29) is 23.5 Å². The number of aromatic nitrogens is 1. The van der Waals surface area contributed by atoms with E-state index < -0.39 is 23.8 Å². The van der Waals surface area contributed by atoms with Crippen molar-refractivity contribution in [3.05, 3.63) is 118 Å². The molecule has 214 valence electrons. The molecule has 0 unspecified atom stereocenters. The van der Waals surface area contributed by atoms with Crippen molar-refractivity contribution in [3.8, 4) is 11.5 Å². The number of hydrogen-bond donors (Lipinski definition) is 0. The van der Waals surface area contributed by atoms with Crippen molar-refractivity contribution in [3.63, 3.8) is 0 Å². The van der Waals surface area contributed by atoms with Gasteiger partial charge in [0.25, 0.3) is 5.56 Å². The number of thiazole rings is 1. The number of ether oxygens (including phenoxy) is 3. The molecule has 3 aromatic carbocycles. The molecule has 0 saturated carbocycles. The van der Waals surface area contributed by atoms with Gasteiger partial charge in [-0.3, -0.25) is 14.2 Å². The normalized spacial score (nSPS) is 14.7. The Morgan fingerprint density at radius 3 is 2.48 bits per heavy atom. The molecular weight excluding hydrogens is 674 g/mol. The fraction of sp³-hybridized carbons (Fsp3) is 0.161. The number of hydrogen-bond acceptors (Lipinski definition) is 8. The van der Waals surface area contributed by atoms with Gasteiger partial charge in [-0.2, -0.15) is 0 Å². The summed E-state index contributed by atoms with van der Waals surface area (Å²) in [6.07, 6.45) is 1.68. The minimum atomic E-state index is -0.917. The molecule has 0 radical (unpaired) electrons. The van der Waals surface area contributed by atoms with E-state index in [0.717, 1.165) is 11.3 Å². The largest absolute Gasteiger partial charge is 0.493 e. The lowest BCUT2D eigenvalue weighted by atomic mass is 9.93. The molecule has 0 N–H and O–H groups in total. The molecule has 4 aromatic rings. The second-order valence-electron chi connectivity index (χ2n) is 9.11. The molecule has 11 heteroatoms. The first kappa shape index (κ1) is 29.4. The molecule has 2 heterocycles. The molecule has 8 nitrogen and oxygen atoms in total. The number of benzene rings is 3. The van der Waals surface area contributed by atoms with Crippen LogP contribution in [0.2, 0.25) is 0 Å². The lowest BCUT2D eigenvalue weighted by Gasteiger charge is -2.25. The Hall–Kier alpha value is -4.10. The molecule has 0 aliphatic carbocycles. The van der Waals surface area contributed by atoms with E-state index in [1.54, 1.807) is 37.3 Å². The number of nitrogens with zero attached hydrogens (tertiary/aromatic N) is 2. The summed E-state index contributed by atoms with van der Waals surface area (Å²) in [7, 11) is 1.46. The quantitative estimate of drug-likeness (QED) is 0.159. The lowest BCUT2D eigenvalue weighted by molar-refractivity contribution is -0.139. The van der Waals surface area contributed by atoms with Gasteiger partial charge in [0.15, 0.2) is 16.3 Å². The summed E-state index contributed by atoms with van der Waals surface area (Å²) in [5, 5.41) is 0. The van der Waals surface area contributed by atoms with Crippen molar-refractivity contribution in [1.82, 2.24) is 4.57 Å². The highest BCUT2D eigenvalue weighted by Gasteiger charge is 2.35. The van der Waals surface area contributed by atoms with E-state index >= 15 is 0 Å². The highest BCUT2D eigenvalue weighted by atomic mass is 127. The first-order valence-corrected chi connectivity index (χ1v) is 14.7. The van der Waals surface area contributed by atoms with Gasteiger partial charge in [-0.25, -0.2) is 14.2 Å². The molecule has 0 fully saturated rings. The molecule has 1 atom stereocenters. The van der Waals surface area contributed by atoms with Crippen LogP contribution in [0.4, 0.5) is 4.39 Å². The van der Waals surface area contributed by atoms with Gasteiger partial charge < -0.3 is 14.2 Å². The smallest absolute Gasteiger partial charge is 0.338 e. The van der Waals surface area contributed by atoms with Gasteiger partial charge in [0, 0.05) is 12.5 Å². The molecule has 1 aromatic heterocycles. The monoisotopic (exact) mass is 698 g/mol. The third-order valence-corrected chi connectivity index (χ3v) is 8.14. The molecular formula is C31H24FIN2O6S. The average Bonchev–Trinajstić information content (AvgIpc) is 3.28. The Kier molecular flexibility index (Phi) is 8.69. The van der Waals surface area contributed by atoms with Crippen LogP contribution in [0.1, 0.15) is 36.6 Å². The third kappa shape index (κ3) is 5.79. The maximum atomic E-state index is 14.0. The molecule has 5 rings (SSSR count). The number of carbonyl (C=O) groups excluding carboxylic acids is 2. The zero-order chi connectivity index (χ0) is 30.0. The van der Waals surface area contributed by atoms with E-state index in [0.29, 0.717) is 41.0 Å². The second-order valence-corrected chi connectivity index (χ2v) is 11.3.